The summed E-state index contributed by atoms with van der Waals surface area (Å²) in [5.74, 6) is -2.21. The van der Waals surface area contributed by atoms with Gasteiger partial charge in [-0.05, 0) is 19.2 Å². The maximum absolute atomic E-state index is 13.3. The number of nitrogens with two attached hydrogens (primary N) is 1. The fourth-order valence-electron chi connectivity index (χ4n) is 3.09. The first-order chi connectivity index (χ1) is 12.2. The fourth-order valence-corrected chi connectivity index (χ4v) is 3.09. The molecule has 3 rings (SSSR count). The van der Waals surface area contributed by atoms with Crippen LogP contribution in [0.4, 0.5) is 13.2 Å². The van der Waals surface area contributed by atoms with Gasteiger partial charge in [0.05, 0.1) is 11.0 Å². The average Bonchev–Trinajstić information content (AvgIpc) is 2.94. The number of benzene rings is 1. The van der Waals surface area contributed by atoms with E-state index < -0.39 is 36.4 Å². The van der Waals surface area contributed by atoms with Crippen molar-refractivity contribution in [3.8, 4) is 0 Å². The zero-order valence-corrected chi connectivity index (χ0v) is 14.0. The molecule has 10 heteroatoms. The molecule has 140 valence electrons. The Bertz CT molecular complexity index is 848. The molecule has 2 aromatic rings. The molecule has 0 spiro atoms. The first-order valence-electron chi connectivity index (χ1n) is 7.98. The van der Waals surface area contributed by atoms with Gasteiger partial charge in [0, 0.05) is 19.6 Å². The first kappa shape index (κ1) is 18.2. The van der Waals surface area contributed by atoms with Crippen LogP contribution in [0.25, 0.3) is 11.0 Å². The number of hydrogen-bond donors (Lipinski definition) is 1. The Morgan fingerprint density at radius 2 is 1.96 bits per heavy atom. The zero-order chi connectivity index (χ0) is 19.1. The van der Waals surface area contributed by atoms with E-state index in [1.807, 2.05) is 0 Å². The number of carbonyl (C=O) groups excluding carboxylic acids is 2. The Morgan fingerprint density at radius 1 is 1.27 bits per heavy atom. The van der Waals surface area contributed by atoms with Gasteiger partial charge in [0.1, 0.15) is 12.6 Å². The summed E-state index contributed by atoms with van der Waals surface area (Å²) in [7, 11) is 1.71. The van der Waals surface area contributed by atoms with E-state index in [1.165, 1.54) is 17.0 Å². The molecule has 1 aliphatic heterocycles. The number of likely N-dealkylation sites (N-methyl/N-ethyl adjacent to an activating group) is 1. The number of halogens is 3. The molecule has 0 aliphatic carbocycles. The highest BCUT2D eigenvalue weighted by Gasteiger charge is 2.39. The predicted molar refractivity (Wildman–Crippen MR) is 86.9 cm³/mol. The summed E-state index contributed by atoms with van der Waals surface area (Å²) in [6, 6.07) is 5.46. The minimum absolute atomic E-state index is 0.0542. The SMILES string of the molecule is CN1CCN(C(=O)Cn2c(C(F)(F)F)nc3ccccc32)CC1C(N)=O. The monoisotopic (exact) mass is 369 g/mol. The van der Waals surface area contributed by atoms with Crippen LogP contribution in [0.3, 0.4) is 0 Å². The van der Waals surface area contributed by atoms with Crippen molar-refractivity contribution >= 4 is 22.8 Å². The standard InChI is InChI=1S/C16H18F3N5O2/c1-22-6-7-23(8-12(22)14(20)26)13(25)9-24-11-5-3-2-4-10(11)21-15(24)16(17,18)19/h2-5,12H,6-9H2,1H3,(H2,20,26). The summed E-state index contributed by atoms with van der Waals surface area (Å²) in [5, 5.41) is 0. The summed E-state index contributed by atoms with van der Waals surface area (Å²) in [6.07, 6.45) is -4.68. The molecule has 7 nitrogen and oxygen atoms in total. The van der Waals surface area contributed by atoms with E-state index in [0.29, 0.717) is 13.1 Å². The second-order valence-electron chi connectivity index (χ2n) is 6.25. The summed E-state index contributed by atoms with van der Waals surface area (Å²) >= 11 is 0. The maximum atomic E-state index is 13.3. The molecule has 2 heterocycles. The molecule has 0 saturated carbocycles. The summed E-state index contributed by atoms with van der Waals surface area (Å²) < 4.78 is 40.8. The zero-order valence-electron chi connectivity index (χ0n) is 14.0. The fraction of sp³-hybridized carbons (Fsp3) is 0.438. The quantitative estimate of drug-likeness (QED) is 0.863. The van der Waals surface area contributed by atoms with Crippen molar-refractivity contribution in [2.45, 2.75) is 18.8 Å². The van der Waals surface area contributed by atoms with E-state index in [2.05, 4.69) is 4.98 Å². The van der Waals surface area contributed by atoms with Crippen LogP contribution >= 0.6 is 0 Å². The van der Waals surface area contributed by atoms with E-state index in [-0.39, 0.29) is 17.6 Å². The van der Waals surface area contributed by atoms with E-state index in [0.717, 1.165) is 4.57 Å². The largest absolute Gasteiger partial charge is 0.449 e. The van der Waals surface area contributed by atoms with E-state index in [1.54, 1.807) is 24.1 Å². The van der Waals surface area contributed by atoms with Gasteiger partial charge >= 0.3 is 6.18 Å². The lowest BCUT2D eigenvalue weighted by Crippen LogP contribution is -2.58. The maximum Gasteiger partial charge on any atom is 0.449 e. The lowest BCUT2D eigenvalue weighted by Gasteiger charge is -2.37. The van der Waals surface area contributed by atoms with Crippen molar-refractivity contribution in [3.05, 3.63) is 30.1 Å². The van der Waals surface area contributed by atoms with Crippen molar-refractivity contribution in [3.63, 3.8) is 0 Å². The van der Waals surface area contributed by atoms with Crippen LogP contribution in [0.15, 0.2) is 24.3 Å². The first-order valence-corrected chi connectivity index (χ1v) is 7.98. The number of hydrogen-bond acceptors (Lipinski definition) is 4. The van der Waals surface area contributed by atoms with Gasteiger partial charge in [0.2, 0.25) is 17.6 Å². The third-order valence-corrected chi connectivity index (χ3v) is 4.53. The molecule has 0 radical (unpaired) electrons. The van der Waals surface area contributed by atoms with Gasteiger partial charge in [-0.15, -0.1) is 0 Å². The molecule has 1 aliphatic rings. The number of amides is 2. The van der Waals surface area contributed by atoms with Crippen LogP contribution in [-0.2, 0) is 22.3 Å². The molecule has 2 amide bonds. The average molecular weight is 369 g/mol. The number of primary amides is 1. The third kappa shape index (κ3) is 3.36. The summed E-state index contributed by atoms with van der Waals surface area (Å²) in [5.41, 5.74) is 5.73. The highest BCUT2D eigenvalue weighted by molar-refractivity contribution is 5.84. The van der Waals surface area contributed by atoms with Gasteiger partial charge in [0.25, 0.3) is 0 Å². The number of nitrogens with zero attached hydrogens (tertiary/aromatic N) is 4. The molecule has 1 unspecified atom stereocenters. The molecular weight excluding hydrogens is 351 g/mol. The van der Waals surface area contributed by atoms with E-state index in [4.69, 9.17) is 5.73 Å². The van der Waals surface area contributed by atoms with Crippen molar-refractivity contribution in [2.75, 3.05) is 26.7 Å². The minimum atomic E-state index is -4.68. The van der Waals surface area contributed by atoms with Crippen molar-refractivity contribution < 1.29 is 22.8 Å². The van der Waals surface area contributed by atoms with Crippen LogP contribution in [0.2, 0.25) is 0 Å². The molecule has 2 N–H and O–H groups in total. The number of imidazole rings is 1. The molecule has 1 atom stereocenters. The van der Waals surface area contributed by atoms with Crippen LogP contribution in [0.1, 0.15) is 5.82 Å². The Kier molecular flexibility index (Phi) is 4.61. The molecule has 1 aromatic heterocycles. The van der Waals surface area contributed by atoms with Gasteiger partial charge < -0.3 is 15.2 Å². The summed E-state index contributed by atoms with van der Waals surface area (Å²) in [4.78, 5) is 30.8. The Hall–Kier alpha value is -2.62. The number of carbonyl (C=O) groups is 2. The Labute approximate surface area is 147 Å². The number of rotatable bonds is 3. The topological polar surface area (TPSA) is 84.5 Å². The third-order valence-electron chi connectivity index (χ3n) is 4.53. The number of piperazine rings is 1. The van der Waals surface area contributed by atoms with Crippen LogP contribution in [-0.4, -0.2) is 63.9 Å². The van der Waals surface area contributed by atoms with Gasteiger partial charge in [-0.25, -0.2) is 4.98 Å². The van der Waals surface area contributed by atoms with E-state index in [9.17, 15) is 22.8 Å². The molecule has 26 heavy (non-hydrogen) atoms. The lowest BCUT2D eigenvalue weighted by molar-refractivity contribution is -0.148. The minimum Gasteiger partial charge on any atom is -0.368 e. The second kappa shape index (κ2) is 6.60. The smallest absolute Gasteiger partial charge is 0.368 e. The normalized spacial score (nSPS) is 19.1. The van der Waals surface area contributed by atoms with Gasteiger partial charge in [-0.1, -0.05) is 12.1 Å². The molecule has 1 aromatic carbocycles. The van der Waals surface area contributed by atoms with Crippen molar-refractivity contribution in [1.82, 2.24) is 19.4 Å². The molecule has 1 fully saturated rings. The number of fused-ring (bicyclic) bond motifs is 1. The molecule has 1 saturated heterocycles. The second-order valence-corrected chi connectivity index (χ2v) is 6.25. The Morgan fingerprint density at radius 3 is 2.62 bits per heavy atom. The van der Waals surface area contributed by atoms with Gasteiger partial charge in [0.15, 0.2) is 0 Å². The number of alkyl halides is 3. The summed E-state index contributed by atoms with van der Waals surface area (Å²) in [6.45, 7) is 0.270. The highest BCUT2D eigenvalue weighted by Crippen LogP contribution is 2.31. The van der Waals surface area contributed by atoms with Gasteiger partial charge in [-0.3, -0.25) is 14.5 Å². The Balaban J connectivity index is 1.89. The van der Waals surface area contributed by atoms with Gasteiger partial charge in [-0.2, -0.15) is 13.2 Å². The van der Waals surface area contributed by atoms with Crippen LogP contribution < -0.4 is 5.73 Å². The van der Waals surface area contributed by atoms with Crippen LogP contribution in [0.5, 0.6) is 0 Å². The molecule has 0 bridgehead atoms. The number of aromatic nitrogens is 2. The van der Waals surface area contributed by atoms with Crippen LogP contribution in [0, 0.1) is 0 Å². The van der Waals surface area contributed by atoms with Crippen molar-refractivity contribution in [1.29, 1.82) is 0 Å². The predicted octanol–water partition coefficient (Wildman–Crippen LogP) is 0.683. The number of para-hydroxylation sites is 2. The molecular formula is C16H18F3N5O2. The highest BCUT2D eigenvalue weighted by atomic mass is 19.4. The van der Waals surface area contributed by atoms with Crippen molar-refractivity contribution in [2.24, 2.45) is 5.73 Å². The lowest BCUT2D eigenvalue weighted by atomic mass is 10.1. The van der Waals surface area contributed by atoms with E-state index >= 15 is 0 Å².